The van der Waals surface area contributed by atoms with E-state index in [0.717, 1.165) is 22.6 Å². The Morgan fingerprint density at radius 3 is 1.66 bits per heavy atom. The molecule has 0 aliphatic heterocycles. The summed E-state index contributed by atoms with van der Waals surface area (Å²) in [6.07, 6.45) is 2.50. The van der Waals surface area contributed by atoms with Gasteiger partial charge in [-0.05, 0) is 84.9 Å². The van der Waals surface area contributed by atoms with Gasteiger partial charge in [0.2, 0.25) is 23.5 Å². The molecule has 0 spiro atoms. The number of H-pyrrole nitrogens is 2. The van der Waals surface area contributed by atoms with Crippen LogP contribution in [0.15, 0.2) is 158 Å². The van der Waals surface area contributed by atoms with Crippen LogP contribution in [0.1, 0.15) is 0 Å². The summed E-state index contributed by atoms with van der Waals surface area (Å²) in [5.41, 5.74) is 11.8. The Morgan fingerprint density at radius 2 is 1.14 bits per heavy atom. The van der Waals surface area contributed by atoms with E-state index in [1.807, 2.05) is 48.5 Å². The molecule has 0 atom stereocenters. The van der Waals surface area contributed by atoms with Crippen molar-refractivity contribution in [2.45, 2.75) is 9.79 Å². The molecule has 5 aromatic carbocycles. The molecule has 8 N–H and O–H groups in total. The molecule has 0 amide bonds. The Hall–Kier alpha value is -7.67. The highest BCUT2D eigenvalue weighted by atomic mass is 32.2. The molecular formula is C41H31N7O9S2. The van der Waals surface area contributed by atoms with Crippen molar-refractivity contribution in [1.82, 2.24) is 24.9 Å². The van der Waals surface area contributed by atoms with Gasteiger partial charge in [0, 0.05) is 45.6 Å². The number of nitrogens with two attached hydrogens (primary N) is 1. The van der Waals surface area contributed by atoms with Crippen molar-refractivity contribution < 1.29 is 40.4 Å². The predicted molar refractivity (Wildman–Crippen MR) is 222 cm³/mol. The summed E-state index contributed by atoms with van der Waals surface area (Å²) in [5.74, 6) is 0.547. The van der Waals surface area contributed by atoms with E-state index in [-0.39, 0.29) is 27.4 Å². The molecule has 0 bridgehead atoms. The van der Waals surface area contributed by atoms with E-state index in [9.17, 15) is 27.0 Å². The molecular weight excluding hydrogens is 799 g/mol. The first kappa shape index (κ1) is 38.2. The number of aromatic hydroxyl groups is 2. The average Bonchev–Trinajstić information content (AvgIpc) is 4.00. The Kier molecular flexibility index (Phi) is 9.94. The lowest BCUT2D eigenvalue weighted by Crippen LogP contribution is -2.12. The Morgan fingerprint density at radius 1 is 0.610 bits per heavy atom. The maximum absolute atomic E-state index is 12.6. The van der Waals surface area contributed by atoms with Gasteiger partial charge in [-0.2, -0.15) is 8.42 Å². The molecule has 0 saturated heterocycles. The van der Waals surface area contributed by atoms with Crippen LogP contribution in [0.4, 0.5) is 11.4 Å². The summed E-state index contributed by atoms with van der Waals surface area (Å²) in [6, 6.07) is 35.9. The number of oxazole rings is 2. The van der Waals surface area contributed by atoms with Crippen LogP contribution in [0.2, 0.25) is 0 Å². The lowest BCUT2D eigenvalue weighted by molar-refractivity contribution is 0.457. The van der Waals surface area contributed by atoms with E-state index in [4.69, 9.17) is 19.1 Å². The lowest BCUT2D eigenvalue weighted by atomic mass is 10.1. The highest BCUT2D eigenvalue weighted by Crippen LogP contribution is 2.40. The highest BCUT2D eigenvalue weighted by molar-refractivity contribution is 7.92. The zero-order valence-corrected chi connectivity index (χ0v) is 31.9. The summed E-state index contributed by atoms with van der Waals surface area (Å²) >= 11 is 0. The minimum absolute atomic E-state index is 0.0251. The molecule has 0 saturated carbocycles. The van der Waals surface area contributed by atoms with Gasteiger partial charge in [-0.15, -0.1) is 0 Å². The smallest absolute Gasteiger partial charge is 0.296 e. The van der Waals surface area contributed by atoms with E-state index in [0.29, 0.717) is 56.0 Å². The van der Waals surface area contributed by atoms with E-state index in [1.54, 1.807) is 54.6 Å². The molecule has 5 aromatic heterocycles. The summed E-state index contributed by atoms with van der Waals surface area (Å²) in [6.45, 7) is 0. The van der Waals surface area contributed by atoms with Crippen LogP contribution in [0, 0.1) is 0 Å². The van der Waals surface area contributed by atoms with Crippen molar-refractivity contribution in [2.24, 2.45) is 0 Å². The fourth-order valence-corrected chi connectivity index (χ4v) is 7.66. The fourth-order valence-electron chi connectivity index (χ4n) is 6.14. The zero-order valence-electron chi connectivity index (χ0n) is 30.3. The first-order valence-corrected chi connectivity index (χ1v) is 20.4. The van der Waals surface area contributed by atoms with Gasteiger partial charge in [0.05, 0.1) is 4.90 Å². The summed E-state index contributed by atoms with van der Waals surface area (Å²) in [7, 11) is -7.80. The first-order valence-electron chi connectivity index (χ1n) is 17.5. The summed E-state index contributed by atoms with van der Waals surface area (Å²) in [5, 5.41) is 21.9. The minimum Gasteiger partial charge on any atom is -0.494 e. The molecule has 18 heteroatoms. The van der Waals surface area contributed by atoms with Crippen molar-refractivity contribution in [3.05, 3.63) is 140 Å². The van der Waals surface area contributed by atoms with Crippen LogP contribution in [-0.4, -0.2) is 56.5 Å². The third-order valence-electron chi connectivity index (χ3n) is 8.84. The number of nitrogens with one attached hydrogen (secondary N) is 3. The van der Waals surface area contributed by atoms with Gasteiger partial charge >= 0.3 is 0 Å². The number of rotatable bonds is 6. The van der Waals surface area contributed by atoms with Gasteiger partial charge in [0.1, 0.15) is 27.1 Å². The molecule has 0 aliphatic carbocycles. The monoisotopic (exact) mass is 829 g/mol. The molecule has 10 rings (SSSR count). The Balaban J connectivity index is 0.000000139. The van der Waals surface area contributed by atoms with Gasteiger partial charge in [-0.25, -0.2) is 18.4 Å². The minimum atomic E-state index is -4.07. The summed E-state index contributed by atoms with van der Waals surface area (Å²) in [4.78, 5) is 18.1. The number of sulfonamides is 1. The molecule has 59 heavy (non-hydrogen) atoms. The van der Waals surface area contributed by atoms with Crippen molar-refractivity contribution in [3.8, 4) is 34.7 Å². The van der Waals surface area contributed by atoms with Crippen LogP contribution >= 0.6 is 0 Å². The number of anilines is 2. The number of hydrogen-bond acceptors (Lipinski definition) is 12. The summed E-state index contributed by atoms with van der Waals surface area (Å²) < 4.78 is 68.4. The highest BCUT2D eigenvalue weighted by Gasteiger charge is 2.21. The Bertz CT molecular complexity index is 3280. The van der Waals surface area contributed by atoms with Crippen LogP contribution < -0.4 is 10.5 Å². The lowest BCUT2D eigenvalue weighted by Gasteiger charge is -2.08. The molecule has 16 nitrogen and oxygen atoms in total. The zero-order chi connectivity index (χ0) is 41.3. The van der Waals surface area contributed by atoms with E-state index >= 15 is 0 Å². The van der Waals surface area contributed by atoms with Crippen LogP contribution in [-0.2, 0) is 20.1 Å². The topological polar surface area (TPSA) is 264 Å². The number of fused-ring (bicyclic) bond motifs is 4. The SMILES string of the molecule is Nc1ccc2[nH]c(O)c(-c3nc4ccccc4o3)c2c1.O=S(=O)(Nc1ccc2[nH]c(O)c(-c3nc4ccccc4o3)c2c1)c1ccccc1.O=S(=O)(O)c1cccnc1. The number of nitrogens with zero attached hydrogens (tertiary/aromatic N) is 3. The average molecular weight is 830 g/mol. The number of pyridine rings is 1. The number of aromatic nitrogens is 5. The van der Waals surface area contributed by atoms with Gasteiger partial charge in [-0.1, -0.05) is 42.5 Å². The molecule has 0 fully saturated rings. The number of para-hydroxylation sites is 4. The van der Waals surface area contributed by atoms with Crippen molar-refractivity contribution in [3.63, 3.8) is 0 Å². The van der Waals surface area contributed by atoms with Crippen LogP contribution in [0.25, 0.3) is 66.9 Å². The second-order valence-corrected chi connectivity index (χ2v) is 15.9. The third kappa shape index (κ3) is 7.99. The van der Waals surface area contributed by atoms with Crippen molar-refractivity contribution in [2.75, 3.05) is 10.5 Å². The molecule has 0 aliphatic rings. The quantitative estimate of drug-likeness (QED) is 0.0618. The van der Waals surface area contributed by atoms with Gasteiger partial charge < -0.3 is 34.7 Å². The first-order chi connectivity index (χ1) is 28.3. The fraction of sp³-hybridized carbons (Fsp3) is 0. The predicted octanol–water partition coefficient (Wildman–Crippen LogP) is 8.07. The van der Waals surface area contributed by atoms with E-state index in [2.05, 4.69) is 29.6 Å². The second-order valence-electron chi connectivity index (χ2n) is 12.8. The third-order valence-corrected chi connectivity index (χ3v) is 11.1. The Labute approximate surface area is 334 Å². The van der Waals surface area contributed by atoms with Gasteiger partial charge in [0.25, 0.3) is 20.1 Å². The molecule has 0 unspecified atom stereocenters. The second kappa shape index (κ2) is 15.3. The molecule has 296 valence electrons. The molecule has 0 radical (unpaired) electrons. The van der Waals surface area contributed by atoms with Crippen LogP contribution in [0.5, 0.6) is 11.8 Å². The van der Waals surface area contributed by atoms with Gasteiger partial charge in [-0.3, -0.25) is 14.3 Å². The van der Waals surface area contributed by atoms with E-state index < -0.39 is 20.1 Å². The largest absolute Gasteiger partial charge is 0.494 e. The number of hydrogen-bond donors (Lipinski definition) is 7. The maximum atomic E-state index is 12.6. The van der Waals surface area contributed by atoms with Gasteiger partial charge in [0.15, 0.2) is 11.2 Å². The molecule has 5 heterocycles. The van der Waals surface area contributed by atoms with Crippen LogP contribution in [0.3, 0.4) is 0 Å². The number of benzene rings is 5. The molecule has 10 aromatic rings. The van der Waals surface area contributed by atoms with Crippen molar-refractivity contribution >= 4 is 75.5 Å². The maximum Gasteiger partial charge on any atom is 0.296 e. The standard InChI is InChI=1S/C21H15N3O4S.C15H11N3O2.C5H5NO3S/c25-20-19(21-23-17-8-4-5-9-18(17)28-21)15-12-13(10-11-16(15)22-20)24-29(26,27)14-6-2-1-3-7-14;16-8-5-6-10-9(7-8)13(14(19)17-10)15-18-11-3-1-2-4-12(11)20-15;7-10(8,9)5-2-1-3-6-4-5/h1-12,22,24-25H;1-7,17,19H,16H2;1-4H,(H,7,8,9). The van der Waals surface area contributed by atoms with E-state index in [1.165, 1.54) is 30.5 Å². The van der Waals surface area contributed by atoms with Crippen molar-refractivity contribution in [1.29, 1.82) is 0 Å². The number of aromatic amines is 2. The number of nitrogen functional groups attached to an aromatic ring is 1. The normalized spacial score (nSPS) is 11.6.